The fourth-order valence-corrected chi connectivity index (χ4v) is 3.36. The van der Waals surface area contributed by atoms with Gasteiger partial charge in [0, 0.05) is 19.6 Å². The van der Waals surface area contributed by atoms with Crippen LogP contribution in [-0.2, 0) is 0 Å². The van der Waals surface area contributed by atoms with Crippen LogP contribution in [0.3, 0.4) is 0 Å². The molecule has 0 saturated carbocycles. The van der Waals surface area contributed by atoms with Gasteiger partial charge in [-0.15, -0.1) is 11.3 Å². The number of carbonyl (C=O) groups is 1. The van der Waals surface area contributed by atoms with Gasteiger partial charge in [-0.2, -0.15) is 0 Å². The molecule has 1 aromatic heterocycles. The second-order valence-electron chi connectivity index (χ2n) is 4.53. The molecule has 0 bridgehead atoms. The summed E-state index contributed by atoms with van der Waals surface area (Å²) in [5, 5.41) is 2.44. The summed E-state index contributed by atoms with van der Waals surface area (Å²) in [4.78, 5) is 17.3. The van der Waals surface area contributed by atoms with Gasteiger partial charge >= 0.3 is 0 Å². The van der Waals surface area contributed by atoms with E-state index in [1.807, 2.05) is 17.2 Å². The molecule has 1 aliphatic rings. The van der Waals surface area contributed by atoms with Gasteiger partial charge in [0.2, 0.25) is 0 Å². The molecule has 100 valence electrons. The van der Waals surface area contributed by atoms with Gasteiger partial charge in [0.1, 0.15) is 4.88 Å². The first kappa shape index (κ1) is 13.8. The average molecular weight is 287 g/mol. The van der Waals surface area contributed by atoms with Gasteiger partial charge in [0.05, 0.1) is 5.02 Å². The van der Waals surface area contributed by atoms with Crippen molar-refractivity contribution in [3.05, 3.63) is 21.3 Å². The molecule has 5 heteroatoms. The number of rotatable bonds is 5. The van der Waals surface area contributed by atoms with Crippen LogP contribution in [0.25, 0.3) is 0 Å². The van der Waals surface area contributed by atoms with E-state index < -0.39 is 0 Å². The van der Waals surface area contributed by atoms with Gasteiger partial charge in [-0.3, -0.25) is 4.79 Å². The molecule has 2 rings (SSSR count). The second-order valence-corrected chi connectivity index (χ2v) is 5.85. The summed E-state index contributed by atoms with van der Waals surface area (Å²) in [5.74, 6) is 0.0664. The maximum atomic E-state index is 12.3. The van der Waals surface area contributed by atoms with Crippen LogP contribution in [0.5, 0.6) is 0 Å². The van der Waals surface area contributed by atoms with Crippen molar-refractivity contribution >= 4 is 28.8 Å². The van der Waals surface area contributed by atoms with Crippen molar-refractivity contribution in [3.63, 3.8) is 0 Å². The first-order valence-corrected chi connectivity index (χ1v) is 7.72. The highest BCUT2D eigenvalue weighted by Gasteiger charge is 2.19. The van der Waals surface area contributed by atoms with E-state index in [-0.39, 0.29) is 5.91 Å². The summed E-state index contributed by atoms with van der Waals surface area (Å²) >= 11 is 7.44. The van der Waals surface area contributed by atoms with E-state index >= 15 is 0 Å². The largest absolute Gasteiger partial charge is 0.337 e. The molecule has 0 atom stereocenters. The Morgan fingerprint density at radius 2 is 2.22 bits per heavy atom. The number of nitrogens with zero attached hydrogens (tertiary/aromatic N) is 2. The summed E-state index contributed by atoms with van der Waals surface area (Å²) in [7, 11) is 0. The van der Waals surface area contributed by atoms with E-state index in [2.05, 4.69) is 4.90 Å². The van der Waals surface area contributed by atoms with Crippen molar-refractivity contribution < 1.29 is 4.79 Å². The van der Waals surface area contributed by atoms with Crippen LogP contribution < -0.4 is 0 Å². The molecule has 0 aliphatic carbocycles. The summed E-state index contributed by atoms with van der Waals surface area (Å²) in [6.45, 7) is 6.87. The Bertz CT molecular complexity index is 401. The minimum Gasteiger partial charge on any atom is -0.337 e. The normalized spacial score (nSPS) is 16.1. The fraction of sp³-hybridized carbons (Fsp3) is 0.615. The molecule has 0 radical (unpaired) electrons. The Morgan fingerprint density at radius 3 is 2.78 bits per heavy atom. The van der Waals surface area contributed by atoms with E-state index in [1.54, 1.807) is 6.07 Å². The summed E-state index contributed by atoms with van der Waals surface area (Å²) in [6, 6.07) is 1.79. The number of thiophene rings is 1. The van der Waals surface area contributed by atoms with Crippen molar-refractivity contribution in [3.8, 4) is 0 Å². The van der Waals surface area contributed by atoms with Crippen molar-refractivity contribution in [1.82, 2.24) is 9.80 Å². The standard InChI is InChI=1S/C13H19ClN2OS/c1-2-16(9-8-15-6-3-4-7-15)13(17)12-11(14)5-10-18-12/h5,10H,2-4,6-9H2,1H3. The molecule has 1 aromatic rings. The lowest BCUT2D eigenvalue weighted by atomic mass is 10.3. The molecule has 0 unspecified atom stereocenters. The summed E-state index contributed by atoms with van der Waals surface area (Å²) in [5.41, 5.74) is 0. The van der Waals surface area contributed by atoms with Crippen LogP contribution in [0.15, 0.2) is 11.4 Å². The lowest BCUT2D eigenvalue weighted by Gasteiger charge is -2.23. The van der Waals surface area contributed by atoms with Crippen LogP contribution in [0, 0.1) is 0 Å². The maximum absolute atomic E-state index is 12.3. The number of hydrogen-bond donors (Lipinski definition) is 0. The van der Waals surface area contributed by atoms with E-state index in [1.165, 1.54) is 37.3 Å². The number of likely N-dealkylation sites (tertiary alicyclic amines) is 1. The van der Waals surface area contributed by atoms with Crippen molar-refractivity contribution in [2.45, 2.75) is 19.8 Å². The van der Waals surface area contributed by atoms with Gasteiger partial charge < -0.3 is 9.80 Å². The molecule has 0 spiro atoms. The zero-order chi connectivity index (χ0) is 13.0. The summed E-state index contributed by atoms with van der Waals surface area (Å²) in [6.07, 6.45) is 2.58. The number of likely N-dealkylation sites (N-methyl/N-ethyl adjacent to an activating group) is 1. The molecule has 18 heavy (non-hydrogen) atoms. The molecule has 1 amide bonds. The van der Waals surface area contributed by atoms with E-state index in [9.17, 15) is 4.79 Å². The molecule has 1 aliphatic heterocycles. The van der Waals surface area contributed by atoms with Crippen LogP contribution in [0.1, 0.15) is 29.4 Å². The molecular weight excluding hydrogens is 268 g/mol. The van der Waals surface area contributed by atoms with Crippen molar-refractivity contribution in [2.24, 2.45) is 0 Å². The molecule has 1 saturated heterocycles. The Morgan fingerprint density at radius 1 is 1.50 bits per heavy atom. The minimum atomic E-state index is 0.0664. The number of carbonyl (C=O) groups excluding carboxylic acids is 1. The van der Waals surface area contributed by atoms with Crippen LogP contribution in [-0.4, -0.2) is 48.4 Å². The van der Waals surface area contributed by atoms with E-state index in [4.69, 9.17) is 11.6 Å². The molecule has 2 heterocycles. The Kier molecular flexibility index (Phi) is 5.03. The minimum absolute atomic E-state index is 0.0664. The Labute approximate surface area is 117 Å². The van der Waals surface area contributed by atoms with Crippen molar-refractivity contribution in [1.29, 1.82) is 0 Å². The molecular formula is C13H19ClN2OS. The predicted molar refractivity (Wildman–Crippen MR) is 76.6 cm³/mol. The highest BCUT2D eigenvalue weighted by atomic mass is 35.5. The van der Waals surface area contributed by atoms with Gasteiger partial charge in [-0.25, -0.2) is 0 Å². The van der Waals surface area contributed by atoms with Crippen LogP contribution in [0.2, 0.25) is 5.02 Å². The zero-order valence-electron chi connectivity index (χ0n) is 10.7. The third-order valence-corrected chi connectivity index (χ3v) is 4.69. The maximum Gasteiger partial charge on any atom is 0.265 e. The third kappa shape index (κ3) is 3.25. The monoisotopic (exact) mass is 286 g/mol. The first-order valence-electron chi connectivity index (χ1n) is 6.47. The lowest BCUT2D eigenvalue weighted by molar-refractivity contribution is 0.0754. The zero-order valence-corrected chi connectivity index (χ0v) is 12.3. The number of halogens is 1. The first-order chi connectivity index (χ1) is 8.72. The smallest absolute Gasteiger partial charge is 0.265 e. The third-order valence-electron chi connectivity index (χ3n) is 3.37. The van der Waals surface area contributed by atoms with Gasteiger partial charge in [-0.05, 0) is 44.3 Å². The average Bonchev–Trinajstić information content (AvgIpc) is 3.00. The SMILES string of the molecule is CCN(CCN1CCCC1)C(=O)c1sccc1Cl. The topological polar surface area (TPSA) is 23.6 Å². The van der Waals surface area contributed by atoms with Gasteiger partial charge in [-0.1, -0.05) is 11.6 Å². The fourth-order valence-electron chi connectivity index (χ4n) is 2.26. The predicted octanol–water partition coefficient (Wildman–Crippen LogP) is 2.96. The quantitative estimate of drug-likeness (QED) is 0.831. The molecule has 3 nitrogen and oxygen atoms in total. The van der Waals surface area contributed by atoms with Crippen molar-refractivity contribution in [2.75, 3.05) is 32.7 Å². The van der Waals surface area contributed by atoms with E-state index in [0.29, 0.717) is 9.90 Å². The summed E-state index contributed by atoms with van der Waals surface area (Å²) < 4.78 is 0. The number of amides is 1. The Balaban J connectivity index is 1.91. The molecule has 0 aromatic carbocycles. The Hall–Kier alpha value is -0.580. The second kappa shape index (κ2) is 6.55. The van der Waals surface area contributed by atoms with E-state index in [0.717, 1.165) is 19.6 Å². The highest BCUT2D eigenvalue weighted by Crippen LogP contribution is 2.23. The van der Waals surface area contributed by atoms with Crippen LogP contribution in [0.4, 0.5) is 0 Å². The van der Waals surface area contributed by atoms with Gasteiger partial charge in [0.25, 0.3) is 5.91 Å². The molecule has 1 fully saturated rings. The van der Waals surface area contributed by atoms with Crippen LogP contribution >= 0.6 is 22.9 Å². The highest BCUT2D eigenvalue weighted by molar-refractivity contribution is 7.12. The molecule has 0 N–H and O–H groups in total. The van der Waals surface area contributed by atoms with Gasteiger partial charge in [0.15, 0.2) is 0 Å². The lowest BCUT2D eigenvalue weighted by Crippen LogP contribution is -2.37. The number of hydrogen-bond acceptors (Lipinski definition) is 3.